The highest BCUT2D eigenvalue weighted by Crippen LogP contribution is 2.22. The second-order valence-electron chi connectivity index (χ2n) is 3.46. The van der Waals surface area contributed by atoms with Crippen molar-refractivity contribution in [2.75, 3.05) is 0 Å². The molecule has 0 bridgehead atoms. The van der Waals surface area contributed by atoms with E-state index in [4.69, 9.17) is 9.84 Å². The zero-order chi connectivity index (χ0) is 13.0. The fourth-order valence-electron chi connectivity index (χ4n) is 1.37. The van der Waals surface area contributed by atoms with Gasteiger partial charge in [0.15, 0.2) is 11.4 Å². The van der Waals surface area contributed by atoms with Gasteiger partial charge in [-0.1, -0.05) is 6.92 Å². The van der Waals surface area contributed by atoms with Gasteiger partial charge in [0.2, 0.25) is 5.88 Å². The summed E-state index contributed by atoms with van der Waals surface area (Å²) < 4.78 is 5.42. The van der Waals surface area contributed by atoms with Crippen molar-refractivity contribution in [3.63, 3.8) is 0 Å². The number of aryl methyl sites for hydroxylation is 1. The summed E-state index contributed by atoms with van der Waals surface area (Å²) in [7, 11) is 0. The van der Waals surface area contributed by atoms with Crippen LogP contribution in [0.25, 0.3) is 0 Å². The molecule has 0 aliphatic heterocycles. The highest BCUT2D eigenvalue weighted by Gasteiger charge is 2.13. The molecule has 2 heterocycles. The summed E-state index contributed by atoms with van der Waals surface area (Å²) in [4.78, 5) is 22.7. The first-order valence-corrected chi connectivity index (χ1v) is 5.37. The molecular formula is C12H11N3O3. The van der Waals surface area contributed by atoms with Gasteiger partial charge in [-0.05, 0) is 18.6 Å². The molecule has 6 heteroatoms. The van der Waals surface area contributed by atoms with E-state index in [-0.39, 0.29) is 11.4 Å². The van der Waals surface area contributed by atoms with Gasteiger partial charge >= 0.3 is 5.97 Å². The predicted molar refractivity (Wildman–Crippen MR) is 62.7 cm³/mol. The Kier molecular flexibility index (Phi) is 3.47. The van der Waals surface area contributed by atoms with E-state index < -0.39 is 5.97 Å². The molecule has 0 saturated heterocycles. The van der Waals surface area contributed by atoms with Crippen LogP contribution in [0.5, 0.6) is 11.6 Å². The molecule has 92 valence electrons. The smallest absolute Gasteiger partial charge is 0.358 e. The van der Waals surface area contributed by atoms with Crippen molar-refractivity contribution in [2.24, 2.45) is 0 Å². The number of carboxylic acid groups (broad SMARTS) is 1. The average molecular weight is 245 g/mol. The molecule has 0 unspecified atom stereocenters. The highest BCUT2D eigenvalue weighted by atomic mass is 16.5. The number of carbonyl (C=O) groups is 1. The quantitative estimate of drug-likeness (QED) is 0.885. The summed E-state index contributed by atoms with van der Waals surface area (Å²) in [5, 5.41) is 8.97. The predicted octanol–water partition coefficient (Wildman–Crippen LogP) is 1.92. The van der Waals surface area contributed by atoms with Crippen LogP contribution >= 0.6 is 0 Å². The molecule has 18 heavy (non-hydrogen) atoms. The number of aromatic nitrogens is 3. The summed E-state index contributed by atoms with van der Waals surface area (Å²) in [6.07, 6.45) is 3.52. The fourth-order valence-corrected chi connectivity index (χ4v) is 1.37. The van der Waals surface area contributed by atoms with Gasteiger partial charge in [-0.25, -0.2) is 19.7 Å². The van der Waals surface area contributed by atoms with Crippen LogP contribution in [-0.4, -0.2) is 26.0 Å². The number of pyridine rings is 1. The summed E-state index contributed by atoms with van der Waals surface area (Å²) in [6.45, 7) is 1.96. The molecular weight excluding hydrogens is 234 g/mol. The first kappa shape index (κ1) is 12.0. The lowest BCUT2D eigenvalue weighted by Crippen LogP contribution is -2.03. The molecule has 0 spiro atoms. The van der Waals surface area contributed by atoms with Crippen LogP contribution in [-0.2, 0) is 6.42 Å². The molecule has 2 aromatic rings. The Morgan fingerprint density at radius 3 is 2.94 bits per heavy atom. The van der Waals surface area contributed by atoms with Crippen LogP contribution in [0.1, 0.15) is 23.1 Å². The van der Waals surface area contributed by atoms with E-state index in [9.17, 15) is 4.79 Å². The number of carboxylic acids is 1. The monoisotopic (exact) mass is 245 g/mol. The molecule has 0 aliphatic carbocycles. The zero-order valence-corrected chi connectivity index (χ0v) is 9.70. The van der Waals surface area contributed by atoms with Gasteiger partial charge in [0, 0.05) is 18.0 Å². The van der Waals surface area contributed by atoms with Crippen molar-refractivity contribution in [3.05, 3.63) is 42.1 Å². The SMILES string of the molecule is CCc1cc(Oc2cccnc2C(=O)O)ncn1. The van der Waals surface area contributed by atoms with Crippen molar-refractivity contribution in [1.29, 1.82) is 0 Å². The lowest BCUT2D eigenvalue weighted by molar-refractivity contribution is 0.0687. The molecule has 0 saturated carbocycles. The summed E-state index contributed by atoms with van der Waals surface area (Å²) in [6, 6.07) is 4.80. The Balaban J connectivity index is 2.31. The van der Waals surface area contributed by atoms with Gasteiger partial charge in [-0.3, -0.25) is 0 Å². The molecule has 0 fully saturated rings. The van der Waals surface area contributed by atoms with E-state index in [2.05, 4.69) is 15.0 Å². The minimum atomic E-state index is -1.14. The fraction of sp³-hybridized carbons (Fsp3) is 0.167. The molecule has 0 atom stereocenters. The third-order valence-electron chi connectivity index (χ3n) is 2.25. The van der Waals surface area contributed by atoms with E-state index in [1.165, 1.54) is 18.6 Å². The van der Waals surface area contributed by atoms with Crippen molar-refractivity contribution in [2.45, 2.75) is 13.3 Å². The molecule has 1 N–H and O–H groups in total. The zero-order valence-electron chi connectivity index (χ0n) is 9.70. The third kappa shape index (κ3) is 2.60. The number of hydrogen-bond donors (Lipinski definition) is 1. The lowest BCUT2D eigenvalue weighted by atomic mass is 10.3. The van der Waals surface area contributed by atoms with Crippen LogP contribution in [0.4, 0.5) is 0 Å². The molecule has 2 aromatic heterocycles. The summed E-state index contributed by atoms with van der Waals surface area (Å²) >= 11 is 0. The van der Waals surface area contributed by atoms with Gasteiger partial charge < -0.3 is 9.84 Å². The number of rotatable bonds is 4. The summed E-state index contributed by atoms with van der Waals surface area (Å²) in [5.41, 5.74) is 0.676. The van der Waals surface area contributed by atoms with E-state index in [0.717, 1.165) is 12.1 Å². The summed E-state index contributed by atoms with van der Waals surface area (Å²) in [5.74, 6) is -0.682. The molecule has 2 rings (SSSR count). The number of hydrogen-bond acceptors (Lipinski definition) is 5. The Morgan fingerprint density at radius 2 is 2.22 bits per heavy atom. The molecule has 0 aromatic carbocycles. The number of aromatic carboxylic acids is 1. The van der Waals surface area contributed by atoms with Gasteiger partial charge in [-0.2, -0.15) is 0 Å². The lowest BCUT2D eigenvalue weighted by Gasteiger charge is -2.07. The largest absolute Gasteiger partial charge is 0.476 e. The molecule has 6 nitrogen and oxygen atoms in total. The van der Waals surface area contributed by atoms with Gasteiger partial charge in [-0.15, -0.1) is 0 Å². The Bertz CT molecular complexity index is 572. The molecule has 0 amide bonds. The Morgan fingerprint density at radius 1 is 1.39 bits per heavy atom. The minimum Gasteiger partial charge on any atom is -0.476 e. The number of nitrogens with zero attached hydrogens (tertiary/aromatic N) is 3. The van der Waals surface area contributed by atoms with Crippen LogP contribution in [0.2, 0.25) is 0 Å². The maximum Gasteiger partial charge on any atom is 0.358 e. The van der Waals surface area contributed by atoms with E-state index in [1.54, 1.807) is 12.1 Å². The van der Waals surface area contributed by atoms with Crippen molar-refractivity contribution >= 4 is 5.97 Å². The van der Waals surface area contributed by atoms with Crippen molar-refractivity contribution in [1.82, 2.24) is 15.0 Å². The normalized spacial score (nSPS) is 10.1. The van der Waals surface area contributed by atoms with E-state index >= 15 is 0 Å². The standard InChI is InChI=1S/C12H11N3O3/c1-2-8-6-10(15-7-14-8)18-9-4-3-5-13-11(9)12(16)17/h3-7H,2H2,1H3,(H,16,17). The second kappa shape index (κ2) is 5.22. The molecule has 0 radical (unpaired) electrons. The van der Waals surface area contributed by atoms with E-state index in [0.29, 0.717) is 5.88 Å². The van der Waals surface area contributed by atoms with Crippen molar-refractivity contribution in [3.8, 4) is 11.6 Å². The average Bonchev–Trinajstić information content (AvgIpc) is 2.39. The first-order chi connectivity index (χ1) is 8.70. The highest BCUT2D eigenvalue weighted by molar-refractivity contribution is 5.88. The topological polar surface area (TPSA) is 85.2 Å². The van der Waals surface area contributed by atoms with Crippen LogP contribution in [0.3, 0.4) is 0 Å². The van der Waals surface area contributed by atoms with Crippen molar-refractivity contribution < 1.29 is 14.6 Å². The van der Waals surface area contributed by atoms with Crippen LogP contribution in [0.15, 0.2) is 30.7 Å². The van der Waals surface area contributed by atoms with E-state index in [1.807, 2.05) is 6.92 Å². The third-order valence-corrected chi connectivity index (χ3v) is 2.25. The maximum absolute atomic E-state index is 11.0. The van der Waals surface area contributed by atoms with Gasteiger partial charge in [0.1, 0.15) is 6.33 Å². The Labute approximate surface area is 103 Å². The van der Waals surface area contributed by atoms with Gasteiger partial charge in [0.05, 0.1) is 0 Å². The van der Waals surface area contributed by atoms with Crippen LogP contribution < -0.4 is 4.74 Å². The maximum atomic E-state index is 11.0. The molecule has 0 aliphatic rings. The Hall–Kier alpha value is -2.50. The first-order valence-electron chi connectivity index (χ1n) is 5.37. The number of ether oxygens (including phenoxy) is 1. The van der Waals surface area contributed by atoms with Crippen LogP contribution in [0, 0.1) is 0 Å². The minimum absolute atomic E-state index is 0.144. The second-order valence-corrected chi connectivity index (χ2v) is 3.46. The van der Waals surface area contributed by atoms with Gasteiger partial charge in [0.25, 0.3) is 0 Å².